The van der Waals surface area contributed by atoms with Crippen LogP contribution in [0.15, 0.2) is 60.1 Å². The van der Waals surface area contributed by atoms with Gasteiger partial charge in [0, 0.05) is 23.5 Å². The summed E-state index contributed by atoms with van der Waals surface area (Å²) >= 11 is 1.49. The lowest BCUT2D eigenvalue weighted by Crippen LogP contribution is -2.43. The molecule has 5 rings (SSSR count). The van der Waals surface area contributed by atoms with Gasteiger partial charge in [-0.25, -0.2) is 9.78 Å². The maximum absolute atomic E-state index is 13.2. The summed E-state index contributed by atoms with van der Waals surface area (Å²) in [7, 11) is 1.29. The van der Waals surface area contributed by atoms with Crippen molar-refractivity contribution in [1.29, 1.82) is 0 Å². The predicted molar refractivity (Wildman–Crippen MR) is 126 cm³/mol. The number of aromatic nitrogens is 3. The third-order valence-corrected chi connectivity index (χ3v) is 6.39. The number of imidazole rings is 1. The lowest BCUT2D eigenvalue weighted by molar-refractivity contribution is -0.142. The molecule has 8 nitrogen and oxygen atoms in total. The molecule has 0 aliphatic heterocycles. The van der Waals surface area contributed by atoms with Gasteiger partial charge in [0.25, 0.3) is 5.91 Å². The van der Waals surface area contributed by atoms with Gasteiger partial charge in [-0.3, -0.25) is 4.79 Å². The van der Waals surface area contributed by atoms with Crippen LogP contribution in [0.1, 0.15) is 15.9 Å². The Labute approximate surface area is 192 Å². The highest BCUT2D eigenvalue weighted by atomic mass is 32.1. The molecule has 9 heteroatoms. The van der Waals surface area contributed by atoms with E-state index in [1.165, 1.54) is 30.6 Å². The SMILES string of the molecule is COC(=O)[C@H](Cc1c[nH]c2ccccc12)NC(=O)c1ccc(O)c2[nH]c(-c3cccs3)nc12. The summed E-state index contributed by atoms with van der Waals surface area (Å²) in [6.07, 6.45) is 2.08. The number of methoxy groups -OCH3 is 1. The molecule has 0 saturated carbocycles. The van der Waals surface area contributed by atoms with Crippen LogP contribution >= 0.6 is 11.3 Å². The number of nitrogens with zero attached hydrogens (tertiary/aromatic N) is 1. The Hall–Kier alpha value is -4.11. The van der Waals surface area contributed by atoms with E-state index >= 15 is 0 Å². The summed E-state index contributed by atoms with van der Waals surface area (Å²) in [5.41, 5.74) is 2.76. The van der Waals surface area contributed by atoms with Crippen LogP contribution in [0.2, 0.25) is 0 Å². The monoisotopic (exact) mass is 460 g/mol. The first-order valence-electron chi connectivity index (χ1n) is 10.2. The van der Waals surface area contributed by atoms with Crippen molar-refractivity contribution >= 4 is 45.1 Å². The van der Waals surface area contributed by atoms with Crippen LogP contribution in [0.4, 0.5) is 0 Å². The van der Waals surface area contributed by atoms with Gasteiger partial charge < -0.3 is 25.1 Å². The number of phenolic OH excluding ortho intramolecular Hbond substituents is 1. The zero-order chi connectivity index (χ0) is 22.9. The average Bonchev–Trinajstić information content (AvgIpc) is 3.58. The van der Waals surface area contributed by atoms with E-state index in [1.54, 1.807) is 0 Å². The molecule has 0 aliphatic carbocycles. The van der Waals surface area contributed by atoms with Crippen molar-refractivity contribution < 1.29 is 19.4 Å². The molecule has 0 radical (unpaired) electrons. The van der Waals surface area contributed by atoms with Gasteiger partial charge in [-0.05, 0) is 35.2 Å². The molecule has 33 heavy (non-hydrogen) atoms. The van der Waals surface area contributed by atoms with E-state index in [-0.39, 0.29) is 17.7 Å². The quantitative estimate of drug-likeness (QED) is 0.286. The van der Waals surface area contributed by atoms with Gasteiger partial charge in [0.15, 0.2) is 0 Å². The Kier molecular flexibility index (Phi) is 5.31. The average molecular weight is 461 g/mol. The van der Waals surface area contributed by atoms with E-state index in [4.69, 9.17) is 4.74 Å². The van der Waals surface area contributed by atoms with Crippen LogP contribution < -0.4 is 5.32 Å². The second kappa shape index (κ2) is 8.44. The largest absolute Gasteiger partial charge is 0.506 e. The van der Waals surface area contributed by atoms with E-state index in [9.17, 15) is 14.7 Å². The number of ether oxygens (including phenoxy) is 1. The minimum absolute atomic E-state index is 0.0137. The molecule has 0 fully saturated rings. The Morgan fingerprint density at radius 1 is 1.18 bits per heavy atom. The summed E-state index contributed by atoms with van der Waals surface area (Å²) in [5, 5.41) is 16.0. The summed E-state index contributed by atoms with van der Waals surface area (Å²) in [6, 6.07) is 13.6. The number of thiophene rings is 1. The van der Waals surface area contributed by atoms with E-state index in [2.05, 4.69) is 20.3 Å². The van der Waals surface area contributed by atoms with Crippen molar-refractivity contribution in [2.45, 2.75) is 12.5 Å². The normalized spacial score (nSPS) is 12.2. The second-order valence-corrected chi connectivity index (χ2v) is 8.48. The minimum atomic E-state index is -0.902. The molecule has 0 unspecified atom stereocenters. The number of hydrogen-bond acceptors (Lipinski definition) is 6. The number of H-pyrrole nitrogens is 2. The van der Waals surface area contributed by atoms with Gasteiger partial charge in [-0.2, -0.15) is 0 Å². The highest BCUT2D eigenvalue weighted by molar-refractivity contribution is 7.13. The van der Waals surface area contributed by atoms with E-state index in [1.807, 2.05) is 48.0 Å². The van der Waals surface area contributed by atoms with E-state index < -0.39 is 17.9 Å². The highest BCUT2D eigenvalue weighted by Gasteiger charge is 2.26. The fraction of sp³-hybridized carbons (Fsp3) is 0.125. The number of carbonyl (C=O) groups is 2. The van der Waals surface area contributed by atoms with Gasteiger partial charge in [0.05, 0.1) is 17.6 Å². The first-order chi connectivity index (χ1) is 16.0. The van der Waals surface area contributed by atoms with Crippen LogP contribution in [0.5, 0.6) is 5.75 Å². The van der Waals surface area contributed by atoms with E-state index in [0.717, 1.165) is 21.3 Å². The molecule has 166 valence electrons. The number of carbonyl (C=O) groups excluding carboxylic acids is 2. The maximum atomic E-state index is 13.2. The molecule has 3 aromatic heterocycles. The van der Waals surface area contributed by atoms with Gasteiger partial charge in [-0.15, -0.1) is 11.3 Å². The molecule has 1 amide bonds. The predicted octanol–water partition coefficient (Wildman–Crippen LogP) is 3.99. The summed E-state index contributed by atoms with van der Waals surface area (Å²) < 4.78 is 4.95. The number of para-hydroxylation sites is 1. The topological polar surface area (TPSA) is 120 Å². The van der Waals surface area contributed by atoms with Gasteiger partial charge >= 0.3 is 5.97 Å². The first kappa shape index (κ1) is 20.8. The molecule has 1 atom stereocenters. The van der Waals surface area contributed by atoms with Crippen LogP contribution in [-0.4, -0.2) is 45.1 Å². The molecule has 3 heterocycles. The van der Waals surface area contributed by atoms with Crippen LogP contribution in [0.25, 0.3) is 32.6 Å². The molecule has 5 aromatic rings. The fourth-order valence-electron chi connectivity index (χ4n) is 3.88. The Bertz CT molecular complexity index is 1470. The molecule has 4 N–H and O–H groups in total. The van der Waals surface area contributed by atoms with Crippen molar-refractivity contribution in [3.63, 3.8) is 0 Å². The number of rotatable bonds is 6. The number of esters is 1. The zero-order valence-corrected chi connectivity index (χ0v) is 18.4. The van der Waals surface area contributed by atoms with Crippen LogP contribution in [-0.2, 0) is 16.0 Å². The number of aromatic amines is 2. The molecule has 0 aliphatic rings. The van der Waals surface area contributed by atoms with Crippen LogP contribution in [0, 0.1) is 0 Å². The second-order valence-electron chi connectivity index (χ2n) is 7.53. The Balaban J connectivity index is 1.47. The molecular weight excluding hydrogens is 440 g/mol. The maximum Gasteiger partial charge on any atom is 0.328 e. The minimum Gasteiger partial charge on any atom is -0.506 e. The molecule has 0 bridgehead atoms. The molecular formula is C24H20N4O4S. The number of fused-ring (bicyclic) bond motifs is 2. The number of nitrogens with one attached hydrogen (secondary N) is 3. The van der Waals surface area contributed by atoms with E-state index in [0.29, 0.717) is 16.9 Å². The Morgan fingerprint density at radius 2 is 2.03 bits per heavy atom. The van der Waals surface area contributed by atoms with Gasteiger partial charge in [0.1, 0.15) is 28.6 Å². The number of aromatic hydroxyl groups is 1. The van der Waals surface area contributed by atoms with Crippen molar-refractivity contribution in [3.05, 3.63) is 71.2 Å². The fourth-order valence-corrected chi connectivity index (χ4v) is 4.55. The van der Waals surface area contributed by atoms with Crippen molar-refractivity contribution in [2.24, 2.45) is 0 Å². The van der Waals surface area contributed by atoms with Crippen LogP contribution in [0.3, 0.4) is 0 Å². The lowest BCUT2D eigenvalue weighted by Gasteiger charge is -2.16. The van der Waals surface area contributed by atoms with Gasteiger partial charge in [-0.1, -0.05) is 24.3 Å². The van der Waals surface area contributed by atoms with Crippen molar-refractivity contribution in [2.75, 3.05) is 7.11 Å². The summed E-state index contributed by atoms with van der Waals surface area (Å²) in [5.74, 6) is -0.497. The summed E-state index contributed by atoms with van der Waals surface area (Å²) in [4.78, 5) is 37.4. The standard InChI is InChI=1S/C24H20N4O4S/c1-32-24(31)17(11-13-12-25-16-6-3-2-5-14(13)16)26-23(30)15-8-9-18(29)21-20(15)27-22(28-21)19-7-4-10-33-19/h2-10,12,17,25,29H,11H2,1H3,(H,26,30)(H,27,28)/t17-/m0/s1. The number of hydrogen-bond donors (Lipinski definition) is 4. The lowest BCUT2D eigenvalue weighted by atomic mass is 10.0. The molecule has 0 saturated heterocycles. The molecule has 0 spiro atoms. The molecule has 2 aromatic carbocycles. The first-order valence-corrected chi connectivity index (χ1v) is 11.1. The number of benzene rings is 2. The summed E-state index contributed by atoms with van der Waals surface area (Å²) in [6.45, 7) is 0. The smallest absolute Gasteiger partial charge is 0.328 e. The van der Waals surface area contributed by atoms with Gasteiger partial charge in [0.2, 0.25) is 0 Å². The van der Waals surface area contributed by atoms with Crippen molar-refractivity contribution in [1.82, 2.24) is 20.3 Å². The third kappa shape index (κ3) is 3.83. The van der Waals surface area contributed by atoms with Crippen molar-refractivity contribution in [3.8, 4) is 16.5 Å². The highest BCUT2D eigenvalue weighted by Crippen LogP contribution is 2.31. The number of phenols is 1. The third-order valence-electron chi connectivity index (χ3n) is 5.51. The Morgan fingerprint density at radius 3 is 2.82 bits per heavy atom. The zero-order valence-electron chi connectivity index (χ0n) is 17.6. The number of amides is 1.